The van der Waals surface area contributed by atoms with Gasteiger partial charge in [0.15, 0.2) is 0 Å². The molecule has 1 spiro atoms. The SMILES string of the molecule is N#Cc1ccc(C(=O)N2CC(CO)C3(CCNCC3)C2)cc1. The van der Waals surface area contributed by atoms with Crippen LogP contribution in [-0.4, -0.2) is 48.7 Å². The Labute approximate surface area is 130 Å². The molecule has 2 saturated heterocycles. The highest BCUT2D eigenvalue weighted by molar-refractivity contribution is 5.94. The van der Waals surface area contributed by atoms with Gasteiger partial charge in [-0.2, -0.15) is 5.26 Å². The zero-order valence-corrected chi connectivity index (χ0v) is 12.6. The van der Waals surface area contributed by atoms with E-state index < -0.39 is 0 Å². The molecule has 1 aromatic carbocycles. The third-order valence-corrected chi connectivity index (χ3v) is 5.18. The molecule has 2 aliphatic rings. The summed E-state index contributed by atoms with van der Waals surface area (Å²) in [6.45, 7) is 3.38. The number of benzene rings is 1. The Morgan fingerprint density at radius 1 is 1.36 bits per heavy atom. The molecule has 5 nitrogen and oxygen atoms in total. The fraction of sp³-hybridized carbons (Fsp3) is 0.529. The molecule has 5 heteroatoms. The number of hydrogen-bond donors (Lipinski definition) is 2. The first-order valence-electron chi connectivity index (χ1n) is 7.79. The summed E-state index contributed by atoms with van der Waals surface area (Å²) >= 11 is 0. The maximum atomic E-state index is 12.7. The maximum absolute atomic E-state index is 12.7. The Kier molecular flexibility index (Phi) is 4.14. The molecule has 0 aromatic heterocycles. The average molecular weight is 299 g/mol. The largest absolute Gasteiger partial charge is 0.396 e. The molecular formula is C17H21N3O2. The lowest BCUT2D eigenvalue weighted by Crippen LogP contribution is -2.43. The van der Waals surface area contributed by atoms with Crippen LogP contribution in [0.2, 0.25) is 0 Å². The van der Waals surface area contributed by atoms with Gasteiger partial charge in [0.05, 0.1) is 11.6 Å². The summed E-state index contributed by atoms with van der Waals surface area (Å²) in [4.78, 5) is 14.5. The first-order chi connectivity index (χ1) is 10.7. The molecule has 3 rings (SSSR count). The van der Waals surface area contributed by atoms with Crippen LogP contribution in [0.15, 0.2) is 24.3 Å². The molecule has 1 aromatic rings. The van der Waals surface area contributed by atoms with Gasteiger partial charge in [-0.1, -0.05) is 0 Å². The molecule has 2 heterocycles. The van der Waals surface area contributed by atoms with Gasteiger partial charge in [-0.15, -0.1) is 0 Å². The predicted molar refractivity (Wildman–Crippen MR) is 82.2 cm³/mol. The molecule has 0 radical (unpaired) electrons. The van der Waals surface area contributed by atoms with Gasteiger partial charge in [0.1, 0.15) is 0 Å². The van der Waals surface area contributed by atoms with Crippen molar-refractivity contribution in [3.8, 4) is 6.07 Å². The van der Waals surface area contributed by atoms with Crippen molar-refractivity contribution in [3.05, 3.63) is 35.4 Å². The van der Waals surface area contributed by atoms with Crippen molar-refractivity contribution < 1.29 is 9.90 Å². The van der Waals surface area contributed by atoms with Crippen LogP contribution in [0.25, 0.3) is 0 Å². The van der Waals surface area contributed by atoms with Gasteiger partial charge >= 0.3 is 0 Å². The smallest absolute Gasteiger partial charge is 0.253 e. The topological polar surface area (TPSA) is 76.4 Å². The number of amides is 1. The van der Waals surface area contributed by atoms with Crippen LogP contribution < -0.4 is 5.32 Å². The van der Waals surface area contributed by atoms with Crippen molar-refractivity contribution in [2.24, 2.45) is 11.3 Å². The second-order valence-electron chi connectivity index (χ2n) is 6.37. The van der Waals surface area contributed by atoms with E-state index in [-0.39, 0.29) is 23.8 Å². The minimum atomic E-state index is -0.00153. The number of carbonyl (C=O) groups excluding carboxylic acids is 1. The van der Waals surface area contributed by atoms with Gasteiger partial charge in [0, 0.05) is 31.2 Å². The molecule has 2 fully saturated rings. The van der Waals surface area contributed by atoms with Crippen LogP contribution in [-0.2, 0) is 0 Å². The van der Waals surface area contributed by atoms with E-state index in [1.165, 1.54) is 0 Å². The van der Waals surface area contributed by atoms with Crippen molar-refractivity contribution >= 4 is 5.91 Å². The van der Waals surface area contributed by atoms with Crippen molar-refractivity contribution in [3.63, 3.8) is 0 Å². The summed E-state index contributed by atoms with van der Waals surface area (Å²) < 4.78 is 0. The lowest BCUT2D eigenvalue weighted by Gasteiger charge is -2.37. The average Bonchev–Trinajstić information content (AvgIpc) is 2.93. The Bertz CT molecular complexity index is 585. The van der Waals surface area contributed by atoms with Gasteiger partial charge in [-0.25, -0.2) is 0 Å². The predicted octanol–water partition coefficient (Wildman–Crippen LogP) is 0.992. The number of aliphatic hydroxyl groups is 1. The van der Waals surface area contributed by atoms with Crippen molar-refractivity contribution in [2.45, 2.75) is 12.8 Å². The molecule has 2 aliphatic heterocycles. The Balaban J connectivity index is 1.77. The summed E-state index contributed by atoms with van der Waals surface area (Å²) in [7, 11) is 0. The normalized spacial score (nSPS) is 23.5. The minimum absolute atomic E-state index is 0.00153. The quantitative estimate of drug-likeness (QED) is 0.854. The number of piperidine rings is 1. The molecule has 116 valence electrons. The van der Waals surface area contributed by atoms with Crippen LogP contribution in [0.1, 0.15) is 28.8 Å². The lowest BCUT2D eigenvalue weighted by molar-refractivity contribution is 0.0756. The first kappa shape index (κ1) is 15.0. The van der Waals surface area contributed by atoms with Gasteiger partial charge < -0.3 is 15.3 Å². The van der Waals surface area contributed by atoms with E-state index in [0.29, 0.717) is 17.7 Å². The second kappa shape index (κ2) is 6.07. The van der Waals surface area contributed by atoms with E-state index in [1.54, 1.807) is 24.3 Å². The molecule has 1 atom stereocenters. The highest BCUT2D eigenvalue weighted by atomic mass is 16.3. The fourth-order valence-corrected chi connectivity index (χ4v) is 3.80. The second-order valence-corrected chi connectivity index (χ2v) is 6.37. The summed E-state index contributed by atoms with van der Waals surface area (Å²) in [5.41, 5.74) is 1.23. The zero-order chi connectivity index (χ0) is 15.6. The highest BCUT2D eigenvalue weighted by Crippen LogP contribution is 2.43. The van der Waals surface area contributed by atoms with Gasteiger partial charge in [0.2, 0.25) is 0 Å². The van der Waals surface area contributed by atoms with Crippen LogP contribution in [0, 0.1) is 22.7 Å². The lowest BCUT2D eigenvalue weighted by atomic mass is 9.71. The third-order valence-electron chi connectivity index (χ3n) is 5.18. The Hall–Kier alpha value is -1.90. The Morgan fingerprint density at radius 3 is 2.64 bits per heavy atom. The molecule has 22 heavy (non-hydrogen) atoms. The number of likely N-dealkylation sites (tertiary alicyclic amines) is 1. The van der Waals surface area contributed by atoms with E-state index in [9.17, 15) is 9.90 Å². The van der Waals surface area contributed by atoms with Crippen molar-refractivity contribution in [2.75, 3.05) is 32.8 Å². The molecule has 0 bridgehead atoms. The number of carbonyl (C=O) groups is 1. The fourth-order valence-electron chi connectivity index (χ4n) is 3.80. The van der Waals surface area contributed by atoms with Gasteiger partial charge in [-0.05, 0) is 55.6 Å². The summed E-state index contributed by atoms with van der Waals surface area (Å²) in [5, 5.41) is 21.9. The molecule has 2 N–H and O–H groups in total. The van der Waals surface area contributed by atoms with E-state index in [2.05, 4.69) is 11.4 Å². The van der Waals surface area contributed by atoms with E-state index >= 15 is 0 Å². The molecular weight excluding hydrogens is 278 g/mol. The Morgan fingerprint density at radius 2 is 2.05 bits per heavy atom. The maximum Gasteiger partial charge on any atom is 0.253 e. The van der Waals surface area contributed by atoms with Crippen molar-refractivity contribution in [1.82, 2.24) is 10.2 Å². The highest BCUT2D eigenvalue weighted by Gasteiger charge is 2.47. The van der Waals surface area contributed by atoms with E-state index in [1.807, 2.05) is 4.90 Å². The van der Waals surface area contributed by atoms with Crippen LogP contribution >= 0.6 is 0 Å². The number of nitriles is 1. The first-order valence-corrected chi connectivity index (χ1v) is 7.79. The number of nitrogens with zero attached hydrogens (tertiary/aromatic N) is 2. The number of hydrogen-bond acceptors (Lipinski definition) is 4. The summed E-state index contributed by atoms with van der Waals surface area (Å²) in [5.74, 6) is 0.162. The molecule has 0 aliphatic carbocycles. The number of aliphatic hydroxyl groups excluding tert-OH is 1. The number of nitrogens with one attached hydrogen (secondary N) is 1. The van der Waals surface area contributed by atoms with Gasteiger partial charge in [-0.3, -0.25) is 4.79 Å². The summed E-state index contributed by atoms with van der Waals surface area (Å²) in [6, 6.07) is 8.83. The van der Waals surface area contributed by atoms with Gasteiger partial charge in [0.25, 0.3) is 5.91 Å². The number of rotatable bonds is 2. The van der Waals surface area contributed by atoms with Crippen LogP contribution in [0.3, 0.4) is 0 Å². The molecule has 1 amide bonds. The van der Waals surface area contributed by atoms with Crippen LogP contribution in [0.5, 0.6) is 0 Å². The molecule has 0 saturated carbocycles. The monoisotopic (exact) mass is 299 g/mol. The standard InChI is InChI=1S/C17H21N3O2/c18-9-13-1-3-14(4-2-13)16(22)20-10-15(11-21)17(12-20)5-7-19-8-6-17/h1-4,15,19,21H,5-8,10-12H2. The summed E-state index contributed by atoms with van der Waals surface area (Å²) in [6.07, 6.45) is 2.02. The molecule has 1 unspecified atom stereocenters. The van der Waals surface area contributed by atoms with E-state index in [0.717, 1.165) is 32.5 Å². The minimum Gasteiger partial charge on any atom is -0.396 e. The van der Waals surface area contributed by atoms with E-state index in [4.69, 9.17) is 5.26 Å². The third kappa shape index (κ3) is 2.60. The zero-order valence-electron chi connectivity index (χ0n) is 12.6. The van der Waals surface area contributed by atoms with Crippen LogP contribution in [0.4, 0.5) is 0 Å². The van der Waals surface area contributed by atoms with Crippen molar-refractivity contribution in [1.29, 1.82) is 5.26 Å².